The number of nitrogens with zero attached hydrogens (tertiary/aromatic N) is 1. The molecule has 2 rings (SSSR count). The van der Waals surface area contributed by atoms with Crippen LogP contribution in [-0.4, -0.2) is 36.5 Å². The number of ether oxygens (including phenoxy) is 1. The lowest BCUT2D eigenvalue weighted by molar-refractivity contribution is -0.150. The lowest BCUT2D eigenvalue weighted by Gasteiger charge is -2.31. The first-order chi connectivity index (χ1) is 16.2. The third-order valence-corrected chi connectivity index (χ3v) is 6.97. The zero-order valence-corrected chi connectivity index (χ0v) is 21.3. The number of esters is 1. The first kappa shape index (κ1) is 27.4. The summed E-state index contributed by atoms with van der Waals surface area (Å²) in [5.41, 5.74) is 1.97. The average Bonchev–Trinajstić information content (AvgIpc) is 2.86. The molecule has 1 heterocycles. The summed E-state index contributed by atoms with van der Waals surface area (Å²) in [6, 6.07) is 7.87. The minimum atomic E-state index is -0.0718. The van der Waals surface area contributed by atoms with Crippen molar-refractivity contribution in [2.45, 2.75) is 110 Å². The highest BCUT2D eigenvalue weighted by molar-refractivity contribution is 5.94. The fourth-order valence-corrected chi connectivity index (χ4v) is 4.62. The van der Waals surface area contributed by atoms with Gasteiger partial charge >= 0.3 is 5.97 Å². The molecule has 186 valence electrons. The molecule has 0 spiro atoms. The Morgan fingerprint density at radius 1 is 0.788 bits per heavy atom. The van der Waals surface area contributed by atoms with Gasteiger partial charge in [0.05, 0.1) is 12.5 Å². The van der Waals surface area contributed by atoms with Crippen molar-refractivity contribution in [3.05, 3.63) is 35.4 Å². The monoisotopic (exact) mass is 457 g/mol. The zero-order valence-electron chi connectivity index (χ0n) is 21.3. The number of carbonyl (C=O) groups excluding carboxylic acids is 2. The molecule has 1 aromatic rings. The summed E-state index contributed by atoms with van der Waals surface area (Å²) in [4.78, 5) is 27.0. The van der Waals surface area contributed by atoms with E-state index in [1.54, 1.807) is 0 Å². The molecule has 0 aromatic heterocycles. The van der Waals surface area contributed by atoms with Crippen LogP contribution in [0.15, 0.2) is 24.3 Å². The van der Waals surface area contributed by atoms with Crippen LogP contribution in [0, 0.1) is 5.92 Å². The van der Waals surface area contributed by atoms with Crippen molar-refractivity contribution in [2.75, 3.05) is 19.7 Å². The predicted octanol–water partition coefficient (Wildman–Crippen LogP) is 7.35. The van der Waals surface area contributed by atoms with E-state index in [4.69, 9.17) is 4.74 Å². The second kappa shape index (κ2) is 16.7. The molecule has 1 fully saturated rings. The van der Waals surface area contributed by atoms with Gasteiger partial charge in [-0.2, -0.15) is 0 Å². The van der Waals surface area contributed by atoms with Gasteiger partial charge in [-0.15, -0.1) is 0 Å². The van der Waals surface area contributed by atoms with E-state index < -0.39 is 0 Å². The topological polar surface area (TPSA) is 46.6 Å². The molecule has 1 saturated heterocycles. The van der Waals surface area contributed by atoms with Gasteiger partial charge in [0.15, 0.2) is 0 Å². The van der Waals surface area contributed by atoms with E-state index in [9.17, 15) is 9.59 Å². The molecule has 33 heavy (non-hydrogen) atoms. The third kappa shape index (κ3) is 10.8. The first-order valence-electron chi connectivity index (χ1n) is 13.7. The summed E-state index contributed by atoms with van der Waals surface area (Å²) in [6.07, 6.45) is 18.0. The van der Waals surface area contributed by atoms with Crippen molar-refractivity contribution < 1.29 is 14.3 Å². The van der Waals surface area contributed by atoms with Gasteiger partial charge in [0.2, 0.25) is 0 Å². The zero-order chi connectivity index (χ0) is 23.7. The van der Waals surface area contributed by atoms with Gasteiger partial charge in [0, 0.05) is 18.7 Å². The fraction of sp³-hybridized carbons (Fsp3) is 0.724. The number of piperidine rings is 1. The van der Waals surface area contributed by atoms with E-state index >= 15 is 0 Å². The number of carbonyl (C=O) groups is 2. The number of hydrogen-bond donors (Lipinski definition) is 0. The molecule has 0 radical (unpaired) electrons. The van der Waals surface area contributed by atoms with Gasteiger partial charge < -0.3 is 9.64 Å². The number of rotatable bonds is 16. The molecule has 1 aromatic carbocycles. The summed E-state index contributed by atoms with van der Waals surface area (Å²) in [5.74, 6) is -0.0627. The SMILES string of the molecule is CCCCCCCCCCCCCCOC(=O)C1CCN(C(=O)c2ccc(CC)cc2)CC1. The highest BCUT2D eigenvalue weighted by atomic mass is 16.5. The molecule has 1 amide bonds. The Morgan fingerprint density at radius 3 is 1.82 bits per heavy atom. The molecular formula is C29H47NO3. The number of benzene rings is 1. The maximum Gasteiger partial charge on any atom is 0.309 e. The molecule has 1 aliphatic rings. The summed E-state index contributed by atoms with van der Waals surface area (Å²) >= 11 is 0. The van der Waals surface area contributed by atoms with Crippen LogP contribution in [0.5, 0.6) is 0 Å². The molecule has 0 N–H and O–H groups in total. The second-order valence-corrected chi connectivity index (χ2v) is 9.67. The summed E-state index contributed by atoms with van der Waals surface area (Å²) < 4.78 is 5.54. The van der Waals surface area contributed by atoms with Gasteiger partial charge in [-0.05, 0) is 43.4 Å². The molecule has 4 heteroatoms. The molecule has 0 atom stereocenters. The molecule has 0 bridgehead atoms. The number of aryl methyl sites for hydroxylation is 1. The number of unbranched alkanes of at least 4 members (excludes halogenated alkanes) is 11. The first-order valence-corrected chi connectivity index (χ1v) is 13.7. The van der Waals surface area contributed by atoms with Crippen molar-refractivity contribution in [3.63, 3.8) is 0 Å². The van der Waals surface area contributed by atoms with E-state index in [0.717, 1.165) is 24.8 Å². The van der Waals surface area contributed by atoms with E-state index in [0.29, 0.717) is 32.5 Å². The van der Waals surface area contributed by atoms with Crippen LogP contribution in [0.4, 0.5) is 0 Å². The van der Waals surface area contributed by atoms with Crippen LogP contribution in [0.3, 0.4) is 0 Å². The Hall–Kier alpha value is -1.84. The van der Waals surface area contributed by atoms with Crippen LogP contribution >= 0.6 is 0 Å². The lowest BCUT2D eigenvalue weighted by atomic mass is 9.96. The minimum Gasteiger partial charge on any atom is -0.465 e. The largest absolute Gasteiger partial charge is 0.465 e. The van der Waals surface area contributed by atoms with Crippen LogP contribution in [0.2, 0.25) is 0 Å². The van der Waals surface area contributed by atoms with E-state index in [2.05, 4.69) is 13.8 Å². The minimum absolute atomic E-state index is 0.0613. The predicted molar refractivity (Wildman–Crippen MR) is 136 cm³/mol. The third-order valence-electron chi connectivity index (χ3n) is 6.97. The molecule has 0 aliphatic carbocycles. The standard InChI is InChI=1S/C29H47NO3/c1-3-5-6-7-8-9-10-11-12-13-14-15-24-33-29(32)27-20-22-30(23-21-27)28(31)26-18-16-25(4-2)17-19-26/h16-19,27H,3-15,20-24H2,1-2H3. The van der Waals surface area contributed by atoms with Crippen LogP contribution in [0.25, 0.3) is 0 Å². The Morgan fingerprint density at radius 2 is 1.30 bits per heavy atom. The molecule has 4 nitrogen and oxygen atoms in total. The molecular weight excluding hydrogens is 410 g/mol. The molecule has 0 saturated carbocycles. The molecule has 0 unspecified atom stereocenters. The van der Waals surface area contributed by atoms with Gasteiger partial charge in [0.25, 0.3) is 5.91 Å². The molecule has 1 aliphatic heterocycles. The van der Waals surface area contributed by atoms with E-state index in [-0.39, 0.29) is 17.8 Å². The Kier molecular flexibility index (Phi) is 13.9. The summed E-state index contributed by atoms with van der Waals surface area (Å²) in [5, 5.41) is 0. The van der Waals surface area contributed by atoms with Crippen LogP contribution < -0.4 is 0 Å². The fourth-order valence-electron chi connectivity index (χ4n) is 4.62. The maximum absolute atomic E-state index is 12.7. The van der Waals surface area contributed by atoms with Gasteiger partial charge in [-0.1, -0.05) is 96.6 Å². The Balaban J connectivity index is 1.48. The number of likely N-dealkylation sites (tertiary alicyclic amines) is 1. The van der Waals surface area contributed by atoms with Crippen LogP contribution in [-0.2, 0) is 16.0 Å². The van der Waals surface area contributed by atoms with E-state index in [1.165, 1.54) is 69.8 Å². The Labute approximate surface area is 202 Å². The summed E-state index contributed by atoms with van der Waals surface area (Å²) in [7, 11) is 0. The van der Waals surface area contributed by atoms with E-state index in [1.807, 2.05) is 29.2 Å². The van der Waals surface area contributed by atoms with Gasteiger partial charge in [-0.3, -0.25) is 9.59 Å². The summed E-state index contributed by atoms with van der Waals surface area (Å²) in [6.45, 7) is 6.18. The lowest BCUT2D eigenvalue weighted by Crippen LogP contribution is -2.40. The second-order valence-electron chi connectivity index (χ2n) is 9.67. The van der Waals surface area contributed by atoms with Gasteiger partial charge in [0.1, 0.15) is 0 Å². The smallest absolute Gasteiger partial charge is 0.309 e. The van der Waals surface area contributed by atoms with Crippen molar-refractivity contribution >= 4 is 11.9 Å². The van der Waals surface area contributed by atoms with Crippen molar-refractivity contribution in [1.29, 1.82) is 0 Å². The maximum atomic E-state index is 12.7. The highest BCUT2D eigenvalue weighted by Crippen LogP contribution is 2.21. The van der Waals surface area contributed by atoms with Crippen molar-refractivity contribution in [3.8, 4) is 0 Å². The van der Waals surface area contributed by atoms with Gasteiger partial charge in [-0.25, -0.2) is 0 Å². The van der Waals surface area contributed by atoms with Crippen molar-refractivity contribution in [2.24, 2.45) is 5.92 Å². The average molecular weight is 458 g/mol. The normalized spacial score (nSPS) is 14.4. The number of hydrogen-bond acceptors (Lipinski definition) is 3. The Bertz CT molecular complexity index is 662. The number of amides is 1. The highest BCUT2D eigenvalue weighted by Gasteiger charge is 2.28. The quantitative estimate of drug-likeness (QED) is 0.193. The van der Waals surface area contributed by atoms with Crippen LogP contribution in [0.1, 0.15) is 120 Å². The van der Waals surface area contributed by atoms with Crippen molar-refractivity contribution in [1.82, 2.24) is 4.90 Å².